The third-order valence-electron chi connectivity index (χ3n) is 3.94. The van der Waals surface area contributed by atoms with Crippen molar-refractivity contribution >= 4 is 12.3 Å². The average Bonchev–Trinajstić information content (AvgIpc) is 2.63. The highest BCUT2D eigenvalue weighted by atomic mass is 16.4. The van der Waals surface area contributed by atoms with Gasteiger partial charge in [-0.05, 0) is 44.4 Å². The molecule has 1 fully saturated rings. The Morgan fingerprint density at radius 2 is 1.88 bits per heavy atom. The molecule has 2 rings (SSSR count). The predicted molar refractivity (Wildman–Crippen MR) is 103 cm³/mol. The van der Waals surface area contributed by atoms with E-state index in [4.69, 9.17) is 27.4 Å². The van der Waals surface area contributed by atoms with Crippen LogP contribution in [-0.4, -0.2) is 41.1 Å². The van der Waals surface area contributed by atoms with Crippen molar-refractivity contribution in [3.8, 4) is 5.75 Å². The Balaban J connectivity index is 0.000000365. The van der Waals surface area contributed by atoms with Crippen LogP contribution in [0, 0.1) is 0 Å². The molecule has 1 aromatic carbocycles. The summed E-state index contributed by atoms with van der Waals surface area (Å²) in [5.74, 6) is -0.809. The van der Waals surface area contributed by atoms with Crippen molar-refractivity contribution in [1.82, 2.24) is 0 Å². The lowest BCUT2D eigenvalue weighted by Gasteiger charge is -2.15. The molecule has 0 spiro atoms. The summed E-state index contributed by atoms with van der Waals surface area (Å²) in [5.41, 5.74) is 16.5. The maximum absolute atomic E-state index is 10.1. The second kappa shape index (κ2) is 15.3. The molecule has 8 N–H and O–H groups in total. The molecule has 0 unspecified atom stereocenters. The second-order valence-electron chi connectivity index (χ2n) is 6.34. The Kier molecular flexibility index (Phi) is 14.2. The van der Waals surface area contributed by atoms with Gasteiger partial charge < -0.3 is 27.4 Å². The Labute approximate surface area is 155 Å². The van der Waals surface area contributed by atoms with Crippen LogP contribution in [0.15, 0.2) is 24.3 Å². The van der Waals surface area contributed by atoms with Gasteiger partial charge in [-0.15, -0.1) is 0 Å². The first-order valence-electron chi connectivity index (χ1n) is 9.09. The molecule has 26 heavy (non-hydrogen) atoms. The first-order chi connectivity index (χ1) is 12.4. The number of unbranched alkanes of at least 4 members (excludes halogenated alkanes) is 1. The summed E-state index contributed by atoms with van der Waals surface area (Å²) in [4.78, 5) is 20.2. The van der Waals surface area contributed by atoms with Crippen molar-refractivity contribution < 1.29 is 19.8 Å². The van der Waals surface area contributed by atoms with Gasteiger partial charge in [0.2, 0.25) is 0 Å². The number of hydrogen-bond acceptors (Lipinski definition) is 6. The maximum Gasteiger partial charge on any atom is 0.320 e. The minimum Gasteiger partial charge on any atom is -0.508 e. The van der Waals surface area contributed by atoms with E-state index in [9.17, 15) is 9.59 Å². The molecule has 0 bridgehead atoms. The van der Waals surface area contributed by atoms with Crippen LogP contribution < -0.4 is 17.2 Å². The number of aldehydes is 1. The van der Waals surface area contributed by atoms with E-state index in [1.54, 1.807) is 12.1 Å². The first kappa shape index (κ1) is 24.0. The Bertz CT molecular complexity index is 505. The smallest absolute Gasteiger partial charge is 0.320 e. The molecule has 1 aliphatic carbocycles. The van der Waals surface area contributed by atoms with Gasteiger partial charge in [0.05, 0.1) is 0 Å². The number of rotatable bonds is 6. The zero-order valence-electron chi connectivity index (χ0n) is 15.3. The molecular weight excluding hydrogens is 334 g/mol. The summed E-state index contributed by atoms with van der Waals surface area (Å²) in [6.45, 7) is 0.604. The molecule has 1 aromatic rings. The summed E-state index contributed by atoms with van der Waals surface area (Å²) in [7, 11) is 0. The van der Waals surface area contributed by atoms with Crippen LogP contribution in [0.1, 0.15) is 61.7 Å². The molecule has 148 valence electrons. The molecule has 7 nitrogen and oxygen atoms in total. The molecule has 0 radical (unpaired) electrons. The fourth-order valence-electron chi connectivity index (χ4n) is 2.36. The zero-order valence-corrected chi connectivity index (χ0v) is 15.3. The van der Waals surface area contributed by atoms with Crippen LogP contribution in [0.4, 0.5) is 0 Å². The molecule has 0 saturated heterocycles. The summed E-state index contributed by atoms with van der Waals surface area (Å²) in [6, 6.07) is 6.01. The van der Waals surface area contributed by atoms with Gasteiger partial charge in [0.1, 0.15) is 18.1 Å². The molecular formula is C19H33N3O4. The van der Waals surface area contributed by atoms with E-state index in [0.29, 0.717) is 30.9 Å². The summed E-state index contributed by atoms with van der Waals surface area (Å²) in [6.07, 6.45) is 9.52. The Morgan fingerprint density at radius 3 is 2.27 bits per heavy atom. The Hall–Kier alpha value is -1.96. The second-order valence-corrected chi connectivity index (χ2v) is 6.34. The minimum atomic E-state index is -0.933. The molecule has 1 saturated carbocycles. The highest BCUT2D eigenvalue weighted by Gasteiger charge is 2.09. The van der Waals surface area contributed by atoms with Crippen molar-refractivity contribution in [3.63, 3.8) is 0 Å². The topological polar surface area (TPSA) is 153 Å². The molecule has 1 atom stereocenters. The van der Waals surface area contributed by atoms with E-state index < -0.39 is 12.0 Å². The number of carbonyl (C=O) groups excluding carboxylic acids is 1. The van der Waals surface area contributed by atoms with Crippen molar-refractivity contribution in [3.05, 3.63) is 29.8 Å². The lowest BCUT2D eigenvalue weighted by molar-refractivity contribution is -0.138. The van der Waals surface area contributed by atoms with Crippen molar-refractivity contribution in [2.24, 2.45) is 17.2 Å². The SMILES string of the molecule is NC1CCCCC1.NCCCC[C@H](N)C(=O)O.O=Cc1cccc(O)c1. The van der Waals surface area contributed by atoms with Crippen LogP contribution in [0.2, 0.25) is 0 Å². The maximum atomic E-state index is 10.1. The average molecular weight is 367 g/mol. The van der Waals surface area contributed by atoms with Crippen LogP contribution in [-0.2, 0) is 4.79 Å². The number of phenols is 1. The van der Waals surface area contributed by atoms with Crippen molar-refractivity contribution in [2.75, 3.05) is 6.54 Å². The van der Waals surface area contributed by atoms with E-state index in [0.717, 1.165) is 12.8 Å². The fourth-order valence-corrected chi connectivity index (χ4v) is 2.36. The molecule has 1 aliphatic rings. The number of phenolic OH excluding ortho intramolecular Hbond substituents is 1. The van der Waals surface area contributed by atoms with Crippen LogP contribution >= 0.6 is 0 Å². The lowest BCUT2D eigenvalue weighted by atomic mass is 9.97. The standard InChI is InChI=1S/C7H6O2.C6H14N2O2.C6H13N/c8-5-6-2-1-3-7(9)4-6;7-4-2-1-3-5(8)6(9)10;7-6-4-2-1-3-5-6/h1-5,9H;5H,1-4,7-8H2,(H,9,10);6H,1-5,7H2/t;5-;/m.0./s1. The monoisotopic (exact) mass is 367 g/mol. The fraction of sp³-hybridized carbons (Fsp3) is 0.579. The van der Waals surface area contributed by atoms with E-state index in [-0.39, 0.29) is 5.75 Å². The van der Waals surface area contributed by atoms with E-state index in [1.807, 2.05) is 0 Å². The van der Waals surface area contributed by atoms with Gasteiger partial charge in [-0.3, -0.25) is 9.59 Å². The van der Waals surface area contributed by atoms with Gasteiger partial charge in [0.25, 0.3) is 0 Å². The van der Waals surface area contributed by atoms with Gasteiger partial charge >= 0.3 is 5.97 Å². The number of nitrogens with two attached hydrogens (primary N) is 3. The van der Waals surface area contributed by atoms with Crippen molar-refractivity contribution in [1.29, 1.82) is 0 Å². The molecule has 0 aliphatic heterocycles. The third-order valence-corrected chi connectivity index (χ3v) is 3.94. The van der Waals surface area contributed by atoms with Gasteiger partial charge in [0.15, 0.2) is 0 Å². The summed E-state index contributed by atoms with van der Waals surface area (Å²) < 4.78 is 0. The molecule has 0 amide bonds. The zero-order chi connectivity index (χ0) is 19.8. The highest BCUT2D eigenvalue weighted by Crippen LogP contribution is 2.14. The van der Waals surface area contributed by atoms with Gasteiger partial charge in [-0.25, -0.2) is 0 Å². The lowest BCUT2D eigenvalue weighted by Crippen LogP contribution is -2.29. The number of carboxylic acid groups (broad SMARTS) is 1. The van der Waals surface area contributed by atoms with E-state index >= 15 is 0 Å². The summed E-state index contributed by atoms with van der Waals surface area (Å²) in [5, 5.41) is 17.1. The largest absolute Gasteiger partial charge is 0.508 e. The first-order valence-corrected chi connectivity index (χ1v) is 9.09. The highest BCUT2D eigenvalue weighted by molar-refractivity contribution is 5.75. The van der Waals surface area contributed by atoms with Gasteiger partial charge in [-0.2, -0.15) is 0 Å². The summed E-state index contributed by atoms with van der Waals surface area (Å²) >= 11 is 0. The number of aromatic hydroxyl groups is 1. The number of hydrogen-bond donors (Lipinski definition) is 5. The van der Waals surface area contributed by atoms with Gasteiger partial charge in [0, 0.05) is 11.6 Å². The quantitative estimate of drug-likeness (QED) is 0.381. The molecule has 0 aromatic heterocycles. The predicted octanol–water partition coefficient (Wildman–Crippen LogP) is 2.01. The molecule has 0 heterocycles. The Morgan fingerprint density at radius 1 is 1.23 bits per heavy atom. The normalized spacial score (nSPS) is 14.9. The van der Waals surface area contributed by atoms with Crippen molar-refractivity contribution in [2.45, 2.75) is 63.5 Å². The minimum absolute atomic E-state index is 0.125. The van der Waals surface area contributed by atoms with Crippen LogP contribution in [0.25, 0.3) is 0 Å². The van der Waals surface area contributed by atoms with Gasteiger partial charge in [-0.1, -0.05) is 37.8 Å². The van der Waals surface area contributed by atoms with E-state index in [1.165, 1.54) is 44.2 Å². The third kappa shape index (κ3) is 13.3. The number of carboxylic acids is 1. The molecule has 7 heteroatoms. The van der Waals surface area contributed by atoms with E-state index in [2.05, 4.69) is 0 Å². The number of carbonyl (C=O) groups is 2. The number of aliphatic carboxylic acids is 1. The van der Waals surface area contributed by atoms with Crippen LogP contribution in [0.3, 0.4) is 0 Å². The number of benzene rings is 1. The van der Waals surface area contributed by atoms with Crippen LogP contribution in [0.5, 0.6) is 5.75 Å².